The van der Waals surface area contributed by atoms with Gasteiger partial charge in [0.2, 0.25) is 0 Å². The van der Waals surface area contributed by atoms with Crippen LogP contribution in [0.2, 0.25) is 0 Å². The average molecular weight is 324 g/mol. The van der Waals surface area contributed by atoms with E-state index in [1.165, 1.54) is 0 Å². The number of hydrogen-bond acceptors (Lipinski definition) is 5. The normalized spacial score (nSPS) is 12.7. The van der Waals surface area contributed by atoms with E-state index in [1.807, 2.05) is 63.2 Å². The molecular formula is C17H20N6O. The maximum Gasteiger partial charge on any atom is 0.272 e. The summed E-state index contributed by atoms with van der Waals surface area (Å²) < 4.78 is 7.76. The van der Waals surface area contributed by atoms with Gasteiger partial charge >= 0.3 is 0 Å². The van der Waals surface area contributed by atoms with Gasteiger partial charge in [0.05, 0.1) is 12.0 Å². The lowest BCUT2D eigenvalue weighted by atomic mass is 10.2. The Labute approximate surface area is 140 Å². The monoisotopic (exact) mass is 324 g/mol. The first-order valence-corrected chi connectivity index (χ1v) is 7.69. The maximum atomic E-state index is 6.08. The lowest BCUT2D eigenvalue weighted by molar-refractivity contribution is 0.217. The predicted octanol–water partition coefficient (Wildman–Crippen LogP) is 2.79. The molecule has 7 nitrogen and oxygen atoms in total. The summed E-state index contributed by atoms with van der Waals surface area (Å²) >= 11 is 0. The molecule has 0 saturated heterocycles. The lowest BCUT2D eigenvalue weighted by Gasteiger charge is -2.16. The number of aliphatic imine (C=N–C) groups is 1. The predicted molar refractivity (Wildman–Crippen MR) is 92.8 cm³/mol. The van der Waals surface area contributed by atoms with E-state index >= 15 is 0 Å². The fourth-order valence-corrected chi connectivity index (χ4v) is 2.27. The minimum atomic E-state index is -0.205. The molecule has 1 atom stereocenters. The summed E-state index contributed by atoms with van der Waals surface area (Å²) in [6.07, 6.45) is 3.15. The highest BCUT2D eigenvalue weighted by Crippen LogP contribution is 2.24. The second-order valence-electron chi connectivity index (χ2n) is 5.73. The van der Waals surface area contributed by atoms with Gasteiger partial charge in [-0.1, -0.05) is 18.2 Å². The molecule has 0 bridgehead atoms. The van der Waals surface area contributed by atoms with Crippen molar-refractivity contribution < 1.29 is 4.74 Å². The van der Waals surface area contributed by atoms with Crippen molar-refractivity contribution in [2.24, 2.45) is 4.99 Å². The number of nitrogens with zero attached hydrogens (tertiary/aromatic N) is 6. The molecule has 0 aliphatic carbocycles. The number of ether oxygens (including phenoxy) is 1. The molecule has 7 heteroatoms. The van der Waals surface area contributed by atoms with E-state index in [4.69, 9.17) is 4.74 Å². The highest BCUT2D eigenvalue weighted by atomic mass is 16.5. The summed E-state index contributed by atoms with van der Waals surface area (Å²) in [6.45, 7) is 4.00. The zero-order valence-corrected chi connectivity index (χ0v) is 14.2. The van der Waals surface area contributed by atoms with Crippen molar-refractivity contribution in [3.63, 3.8) is 0 Å². The SMILES string of the molecule is Cc1ccccc1OC(C)c1ccnc2nc(/N=C/N(C)C)nn12. The highest BCUT2D eigenvalue weighted by Gasteiger charge is 2.15. The van der Waals surface area contributed by atoms with E-state index in [2.05, 4.69) is 20.1 Å². The second-order valence-corrected chi connectivity index (χ2v) is 5.73. The van der Waals surface area contributed by atoms with Crippen LogP contribution in [0.15, 0.2) is 41.5 Å². The topological polar surface area (TPSA) is 67.9 Å². The molecule has 0 amide bonds. The first-order valence-electron chi connectivity index (χ1n) is 7.69. The lowest BCUT2D eigenvalue weighted by Crippen LogP contribution is -2.10. The van der Waals surface area contributed by atoms with Crippen LogP contribution in [0.5, 0.6) is 5.75 Å². The third kappa shape index (κ3) is 3.34. The maximum absolute atomic E-state index is 6.08. The van der Waals surface area contributed by atoms with Gasteiger partial charge in [0.25, 0.3) is 11.7 Å². The van der Waals surface area contributed by atoms with E-state index in [0.717, 1.165) is 17.0 Å². The number of aromatic nitrogens is 4. The van der Waals surface area contributed by atoms with Crippen LogP contribution in [0.4, 0.5) is 5.95 Å². The second kappa shape index (κ2) is 6.66. The molecule has 124 valence electrons. The van der Waals surface area contributed by atoms with Crippen molar-refractivity contribution in [3.8, 4) is 5.75 Å². The van der Waals surface area contributed by atoms with Crippen molar-refractivity contribution in [2.45, 2.75) is 20.0 Å². The molecule has 0 saturated carbocycles. The van der Waals surface area contributed by atoms with Gasteiger partial charge in [-0.2, -0.15) is 9.50 Å². The fourth-order valence-electron chi connectivity index (χ4n) is 2.27. The minimum Gasteiger partial charge on any atom is -0.484 e. The minimum absolute atomic E-state index is 0.205. The van der Waals surface area contributed by atoms with Crippen molar-refractivity contribution in [1.82, 2.24) is 24.5 Å². The van der Waals surface area contributed by atoms with E-state index in [0.29, 0.717) is 11.7 Å². The summed E-state index contributed by atoms with van der Waals surface area (Å²) in [5, 5.41) is 4.41. The van der Waals surface area contributed by atoms with E-state index in [9.17, 15) is 0 Å². The first-order chi connectivity index (χ1) is 11.5. The molecule has 0 aliphatic rings. The Balaban J connectivity index is 1.92. The van der Waals surface area contributed by atoms with E-state index in [1.54, 1.807) is 17.1 Å². The van der Waals surface area contributed by atoms with Crippen LogP contribution in [-0.4, -0.2) is 44.9 Å². The number of rotatable bonds is 5. The van der Waals surface area contributed by atoms with Gasteiger partial charge in [-0.25, -0.2) is 9.98 Å². The van der Waals surface area contributed by atoms with Crippen LogP contribution in [0.25, 0.3) is 5.78 Å². The first kappa shape index (κ1) is 15.9. The van der Waals surface area contributed by atoms with Gasteiger partial charge in [-0.15, -0.1) is 5.10 Å². The summed E-state index contributed by atoms with van der Waals surface area (Å²) in [5.41, 5.74) is 1.95. The molecule has 0 radical (unpaired) electrons. The van der Waals surface area contributed by atoms with E-state index in [-0.39, 0.29) is 6.10 Å². The van der Waals surface area contributed by atoms with Crippen LogP contribution in [0.3, 0.4) is 0 Å². The molecule has 0 fully saturated rings. The molecular weight excluding hydrogens is 304 g/mol. The van der Waals surface area contributed by atoms with Crippen LogP contribution in [0.1, 0.15) is 24.3 Å². The molecule has 1 aromatic carbocycles. The average Bonchev–Trinajstić information content (AvgIpc) is 2.98. The summed E-state index contributed by atoms with van der Waals surface area (Å²) in [4.78, 5) is 14.6. The third-order valence-corrected chi connectivity index (χ3v) is 3.48. The van der Waals surface area contributed by atoms with Gasteiger partial charge < -0.3 is 9.64 Å². The zero-order valence-electron chi connectivity index (χ0n) is 14.2. The van der Waals surface area contributed by atoms with Crippen molar-refractivity contribution in [3.05, 3.63) is 47.8 Å². The summed E-state index contributed by atoms with van der Waals surface area (Å²) in [5.74, 6) is 1.71. The Hall–Kier alpha value is -2.96. The summed E-state index contributed by atoms with van der Waals surface area (Å²) in [7, 11) is 3.78. The summed E-state index contributed by atoms with van der Waals surface area (Å²) in [6, 6.07) is 9.81. The Bertz CT molecular complexity index is 870. The Morgan fingerprint density at radius 1 is 1.25 bits per heavy atom. The number of benzene rings is 1. The number of para-hydroxylation sites is 1. The Morgan fingerprint density at radius 2 is 2.04 bits per heavy atom. The number of fused-ring (bicyclic) bond motifs is 1. The molecule has 0 aliphatic heterocycles. The van der Waals surface area contributed by atoms with Crippen LogP contribution < -0.4 is 4.74 Å². The van der Waals surface area contributed by atoms with Crippen molar-refractivity contribution >= 4 is 18.1 Å². The van der Waals surface area contributed by atoms with Gasteiger partial charge in [-0.3, -0.25) is 0 Å². The van der Waals surface area contributed by atoms with Gasteiger partial charge in [-0.05, 0) is 31.5 Å². The van der Waals surface area contributed by atoms with Gasteiger partial charge in [0, 0.05) is 20.3 Å². The molecule has 24 heavy (non-hydrogen) atoms. The van der Waals surface area contributed by atoms with Crippen molar-refractivity contribution in [1.29, 1.82) is 0 Å². The van der Waals surface area contributed by atoms with Gasteiger partial charge in [0.1, 0.15) is 11.9 Å². The van der Waals surface area contributed by atoms with E-state index < -0.39 is 0 Å². The molecule has 1 unspecified atom stereocenters. The van der Waals surface area contributed by atoms with Crippen LogP contribution >= 0.6 is 0 Å². The molecule has 2 aromatic heterocycles. The van der Waals surface area contributed by atoms with Gasteiger partial charge in [0.15, 0.2) is 0 Å². The Morgan fingerprint density at radius 3 is 2.79 bits per heavy atom. The molecule has 0 spiro atoms. The van der Waals surface area contributed by atoms with Crippen LogP contribution in [-0.2, 0) is 0 Å². The smallest absolute Gasteiger partial charge is 0.272 e. The fraction of sp³-hybridized carbons (Fsp3) is 0.294. The number of aryl methyl sites for hydroxylation is 1. The van der Waals surface area contributed by atoms with Crippen molar-refractivity contribution in [2.75, 3.05) is 14.1 Å². The van der Waals surface area contributed by atoms with Crippen LogP contribution in [0, 0.1) is 6.92 Å². The molecule has 0 N–H and O–H groups in total. The quantitative estimate of drug-likeness (QED) is 0.533. The highest BCUT2D eigenvalue weighted by molar-refractivity contribution is 5.58. The zero-order chi connectivity index (χ0) is 17.1. The molecule has 3 aromatic rings. The number of hydrogen-bond donors (Lipinski definition) is 0. The standard InChI is InChI=1S/C17H20N6O/c1-12-7-5-6-8-15(12)24-13(2)14-9-10-18-17-20-16(21-23(14)17)19-11-22(3)4/h5-11,13H,1-4H3/b19-11+. The molecule has 3 rings (SSSR count). The molecule has 2 heterocycles. The largest absolute Gasteiger partial charge is 0.484 e. The third-order valence-electron chi connectivity index (χ3n) is 3.48. The Kier molecular flexibility index (Phi) is 4.41.